The lowest BCUT2D eigenvalue weighted by Gasteiger charge is -2.17. The average molecular weight is 243 g/mol. The van der Waals surface area contributed by atoms with Crippen LogP contribution in [0.3, 0.4) is 0 Å². The standard InChI is InChI=1S/C14H29NO2/c1-3-4-9-16-10-11-17-13(2)12-15-14-7-5-6-8-14/h13-15H,3-12H2,1-2H3. The van der Waals surface area contributed by atoms with Gasteiger partial charge >= 0.3 is 0 Å². The minimum absolute atomic E-state index is 0.297. The van der Waals surface area contributed by atoms with Crippen molar-refractivity contribution in [3.63, 3.8) is 0 Å². The summed E-state index contributed by atoms with van der Waals surface area (Å²) in [6.45, 7) is 7.60. The molecule has 1 aliphatic rings. The molecule has 1 rings (SSSR count). The topological polar surface area (TPSA) is 30.5 Å². The van der Waals surface area contributed by atoms with Crippen LogP contribution in [0.5, 0.6) is 0 Å². The summed E-state index contributed by atoms with van der Waals surface area (Å²) in [5.74, 6) is 0. The second-order valence-corrected chi connectivity index (χ2v) is 5.04. The average Bonchev–Trinajstić information content (AvgIpc) is 2.84. The lowest BCUT2D eigenvalue weighted by atomic mass is 10.2. The smallest absolute Gasteiger partial charge is 0.0704 e. The van der Waals surface area contributed by atoms with Crippen molar-refractivity contribution < 1.29 is 9.47 Å². The summed E-state index contributed by atoms with van der Waals surface area (Å²) in [5.41, 5.74) is 0. The molecule has 1 N–H and O–H groups in total. The highest BCUT2D eigenvalue weighted by atomic mass is 16.5. The third-order valence-corrected chi connectivity index (χ3v) is 3.32. The Bertz CT molecular complexity index is 170. The molecule has 1 aliphatic carbocycles. The van der Waals surface area contributed by atoms with Crippen LogP contribution in [0.2, 0.25) is 0 Å². The van der Waals surface area contributed by atoms with E-state index in [9.17, 15) is 0 Å². The van der Waals surface area contributed by atoms with E-state index in [1.54, 1.807) is 0 Å². The van der Waals surface area contributed by atoms with Crippen LogP contribution in [0.15, 0.2) is 0 Å². The van der Waals surface area contributed by atoms with Crippen LogP contribution in [0.25, 0.3) is 0 Å². The number of nitrogens with one attached hydrogen (secondary N) is 1. The summed E-state index contributed by atoms with van der Waals surface area (Å²) in [6.07, 6.45) is 8.10. The van der Waals surface area contributed by atoms with Crippen molar-refractivity contribution in [2.24, 2.45) is 0 Å². The summed E-state index contributed by atoms with van der Waals surface area (Å²) < 4.78 is 11.2. The van der Waals surface area contributed by atoms with Gasteiger partial charge in [0.15, 0.2) is 0 Å². The third kappa shape index (κ3) is 7.74. The molecule has 1 unspecified atom stereocenters. The van der Waals surface area contributed by atoms with E-state index in [0.717, 1.165) is 38.8 Å². The SMILES string of the molecule is CCCCOCCOC(C)CNC1CCCC1. The van der Waals surface area contributed by atoms with Gasteiger partial charge in [0.05, 0.1) is 19.3 Å². The Morgan fingerprint density at radius 2 is 1.94 bits per heavy atom. The van der Waals surface area contributed by atoms with Gasteiger partial charge < -0.3 is 14.8 Å². The van der Waals surface area contributed by atoms with Gasteiger partial charge in [0.25, 0.3) is 0 Å². The molecule has 0 bridgehead atoms. The molecule has 3 heteroatoms. The molecule has 0 spiro atoms. The van der Waals surface area contributed by atoms with Crippen LogP contribution >= 0.6 is 0 Å². The normalized spacial score (nSPS) is 18.7. The molecule has 0 aromatic rings. The van der Waals surface area contributed by atoms with Crippen LogP contribution in [0.1, 0.15) is 52.4 Å². The Labute approximate surface area is 106 Å². The van der Waals surface area contributed by atoms with E-state index in [0.29, 0.717) is 6.10 Å². The maximum atomic E-state index is 5.69. The highest BCUT2D eigenvalue weighted by Crippen LogP contribution is 2.17. The largest absolute Gasteiger partial charge is 0.379 e. The van der Waals surface area contributed by atoms with E-state index in [2.05, 4.69) is 19.2 Å². The zero-order valence-corrected chi connectivity index (χ0v) is 11.5. The van der Waals surface area contributed by atoms with E-state index < -0.39 is 0 Å². The van der Waals surface area contributed by atoms with Gasteiger partial charge in [0.1, 0.15) is 0 Å². The fourth-order valence-corrected chi connectivity index (χ4v) is 2.18. The number of unbranched alkanes of at least 4 members (excludes halogenated alkanes) is 1. The van der Waals surface area contributed by atoms with Crippen molar-refractivity contribution in [1.82, 2.24) is 5.32 Å². The van der Waals surface area contributed by atoms with Gasteiger partial charge in [-0.25, -0.2) is 0 Å². The minimum Gasteiger partial charge on any atom is -0.379 e. The molecule has 1 fully saturated rings. The monoisotopic (exact) mass is 243 g/mol. The predicted molar refractivity (Wildman–Crippen MR) is 71.4 cm³/mol. The van der Waals surface area contributed by atoms with Crippen LogP contribution in [-0.4, -0.2) is 38.5 Å². The Balaban J connectivity index is 1.85. The maximum absolute atomic E-state index is 5.69. The molecule has 0 heterocycles. The number of ether oxygens (including phenoxy) is 2. The number of hydrogen-bond acceptors (Lipinski definition) is 3. The predicted octanol–water partition coefficient (Wildman–Crippen LogP) is 2.74. The summed E-state index contributed by atoms with van der Waals surface area (Å²) in [4.78, 5) is 0. The Morgan fingerprint density at radius 3 is 2.65 bits per heavy atom. The van der Waals surface area contributed by atoms with Gasteiger partial charge in [0, 0.05) is 19.2 Å². The first-order valence-electron chi connectivity index (χ1n) is 7.25. The molecule has 3 nitrogen and oxygen atoms in total. The first-order valence-corrected chi connectivity index (χ1v) is 7.25. The van der Waals surface area contributed by atoms with E-state index >= 15 is 0 Å². The zero-order valence-electron chi connectivity index (χ0n) is 11.5. The summed E-state index contributed by atoms with van der Waals surface area (Å²) in [6, 6.07) is 0.738. The molecule has 0 aromatic carbocycles. The lowest BCUT2D eigenvalue weighted by Crippen LogP contribution is -2.34. The molecule has 0 aliphatic heterocycles. The Hall–Kier alpha value is -0.120. The van der Waals surface area contributed by atoms with E-state index in [4.69, 9.17) is 9.47 Å². The van der Waals surface area contributed by atoms with Crippen molar-refractivity contribution in [2.75, 3.05) is 26.4 Å². The van der Waals surface area contributed by atoms with Crippen LogP contribution in [-0.2, 0) is 9.47 Å². The van der Waals surface area contributed by atoms with Gasteiger partial charge in [-0.2, -0.15) is 0 Å². The first-order chi connectivity index (χ1) is 8.33. The van der Waals surface area contributed by atoms with Crippen LogP contribution < -0.4 is 5.32 Å². The lowest BCUT2D eigenvalue weighted by molar-refractivity contribution is 0.0113. The highest BCUT2D eigenvalue weighted by Gasteiger charge is 2.14. The van der Waals surface area contributed by atoms with Gasteiger partial charge in [-0.15, -0.1) is 0 Å². The van der Waals surface area contributed by atoms with Crippen molar-refractivity contribution in [3.8, 4) is 0 Å². The zero-order chi connectivity index (χ0) is 12.3. The van der Waals surface area contributed by atoms with E-state index in [-0.39, 0.29) is 0 Å². The van der Waals surface area contributed by atoms with Crippen molar-refractivity contribution in [1.29, 1.82) is 0 Å². The number of hydrogen-bond donors (Lipinski definition) is 1. The maximum Gasteiger partial charge on any atom is 0.0704 e. The second-order valence-electron chi connectivity index (χ2n) is 5.04. The summed E-state index contributed by atoms with van der Waals surface area (Å²) >= 11 is 0. The van der Waals surface area contributed by atoms with E-state index in [1.807, 2.05) is 0 Å². The summed E-state index contributed by atoms with van der Waals surface area (Å²) in [7, 11) is 0. The van der Waals surface area contributed by atoms with Gasteiger partial charge in [-0.1, -0.05) is 26.2 Å². The second kappa shape index (κ2) is 9.86. The number of rotatable bonds is 10. The molecular formula is C14H29NO2. The Kier molecular flexibility index (Phi) is 8.67. The molecular weight excluding hydrogens is 214 g/mol. The fraction of sp³-hybridized carbons (Fsp3) is 1.00. The van der Waals surface area contributed by atoms with Gasteiger partial charge in [-0.05, 0) is 26.2 Å². The molecule has 0 radical (unpaired) electrons. The quantitative estimate of drug-likeness (QED) is 0.598. The highest BCUT2D eigenvalue weighted by molar-refractivity contribution is 4.74. The Morgan fingerprint density at radius 1 is 1.18 bits per heavy atom. The van der Waals surface area contributed by atoms with Crippen LogP contribution in [0.4, 0.5) is 0 Å². The molecule has 102 valence electrons. The first kappa shape index (κ1) is 14.9. The van der Waals surface area contributed by atoms with Crippen molar-refractivity contribution in [3.05, 3.63) is 0 Å². The van der Waals surface area contributed by atoms with Crippen molar-refractivity contribution in [2.45, 2.75) is 64.5 Å². The molecule has 1 saturated carbocycles. The third-order valence-electron chi connectivity index (χ3n) is 3.32. The van der Waals surface area contributed by atoms with Crippen LogP contribution in [0, 0.1) is 0 Å². The molecule has 0 aromatic heterocycles. The van der Waals surface area contributed by atoms with Crippen molar-refractivity contribution >= 4 is 0 Å². The van der Waals surface area contributed by atoms with Gasteiger partial charge in [-0.3, -0.25) is 0 Å². The molecule has 17 heavy (non-hydrogen) atoms. The fourth-order valence-electron chi connectivity index (χ4n) is 2.18. The minimum atomic E-state index is 0.297. The van der Waals surface area contributed by atoms with E-state index in [1.165, 1.54) is 32.1 Å². The summed E-state index contributed by atoms with van der Waals surface area (Å²) in [5, 5.41) is 3.58. The molecule has 0 amide bonds. The van der Waals surface area contributed by atoms with Gasteiger partial charge in [0.2, 0.25) is 0 Å². The molecule has 0 saturated heterocycles. The molecule has 1 atom stereocenters.